The van der Waals surface area contributed by atoms with E-state index in [0.29, 0.717) is 18.1 Å². The molecule has 1 heterocycles. The van der Waals surface area contributed by atoms with Crippen molar-refractivity contribution in [3.05, 3.63) is 87.9 Å². The van der Waals surface area contributed by atoms with Gasteiger partial charge in [0.05, 0.1) is 30.6 Å². The van der Waals surface area contributed by atoms with Gasteiger partial charge in [-0.3, -0.25) is 14.9 Å². The molecule has 0 saturated heterocycles. The number of carbonyl (C=O) groups is 1. The highest BCUT2D eigenvalue weighted by Crippen LogP contribution is 2.29. The van der Waals surface area contributed by atoms with E-state index in [0.717, 1.165) is 16.8 Å². The number of ether oxygens (including phenoxy) is 1. The number of furan rings is 1. The first kappa shape index (κ1) is 21.4. The Morgan fingerprint density at radius 1 is 1.20 bits per heavy atom. The van der Waals surface area contributed by atoms with Crippen molar-refractivity contribution in [2.24, 2.45) is 0 Å². The van der Waals surface area contributed by atoms with Crippen LogP contribution in [-0.4, -0.2) is 23.7 Å². The maximum atomic E-state index is 13.0. The smallest absolute Gasteiger partial charge is 0.311 e. The largest absolute Gasteiger partial charge is 0.490 e. The third-order valence-corrected chi connectivity index (χ3v) is 5.46. The number of aryl methyl sites for hydroxylation is 1. The summed E-state index contributed by atoms with van der Waals surface area (Å²) in [6.45, 7) is 2.33. The van der Waals surface area contributed by atoms with E-state index in [9.17, 15) is 14.9 Å². The molecule has 0 bridgehead atoms. The molecule has 1 amide bonds. The first-order chi connectivity index (χ1) is 14.5. The lowest BCUT2D eigenvalue weighted by Crippen LogP contribution is -2.31. The van der Waals surface area contributed by atoms with Crippen LogP contribution in [-0.2, 0) is 17.1 Å². The Kier molecular flexibility index (Phi) is 7.13. The second kappa shape index (κ2) is 9.98. The van der Waals surface area contributed by atoms with Gasteiger partial charge in [-0.2, -0.15) is 0 Å². The van der Waals surface area contributed by atoms with Crippen LogP contribution in [0.1, 0.15) is 16.9 Å². The Labute approximate surface area is 178 Å². The minimum atomic E-state index is -0.472. The fourth-order valence-corrected chi connectivity index (χ4v) is 3.76. The minimum absolute atomic E-state index is 0.0664. The number of nitrogens with zero attached hydrogens (tertiary/aromatic N) is 2. The Bertz CT molecular complexity index is 1000. The molecule has 30 heavy (non-hydrogen) atoms. The maximum Gasteiger partial charge on any atom is 0.311 e. The van der Waals surface area contributed by atoms with E-state index in [1.165, 1.54) is 24.9 Å². The van der Waals surface area contributed by atoms with E-state index in [1.54, 1.807) is 29.4 Å². The molecular weight excluding hydrogens is 404 g/mol. The Morgan fingerprint density at radius 3 is 2.60 bits per heavy atom. The van der Waals surface area contributed by atoms with E-state index >= 15 is 0 Å². The molecular formula is C22H22N2O5S. The number of rotatable bonds is 9. The van der Waals surface area contributed by atoms with Crippen molar-refractivity contribution in [3.8, 4) is 5.75 Å². The van der Waals surface area contributed by atoms with E-state index in [4.69, 9.17) is 9.15 Å². The lowest BCUT2D eigenvalue weighted by Gasteiger charge is -2.22. The van der Waals surface area contributed by atoms with Crippen molar-refractivity contribution < 1.29 is 18.9 Å². The summed E-state index contributed by atoms with van der Waals surface area (Å²) in [5.41, 5.74) is 2.58. The SMILES string of the molecule is COc1ccc(CSCC(=O)N(Cc2ccco2)c2ccc(C)cc2)cc1[N+](=O)[O-]. The van der Waals surface area contributed by atoms with Gasteiger partial charge in [0.15, 0.2) is 5.75 Å². The molecule has 0 aliphatic rings. The van der Waals surface area contributed by atoms with Crippen molar-refractivity contribution in [1.29, 1.82) is 0 Å². The topological polar surface area (TPSA) is 85.8 Å². The van der Waals surface area contributed by atoms with Gasteiger partial charge >= 0.3 is 5.69 Å². The summed E-state index contributed by atoms with van der Waals surface area (Å²) in [7, 11) is 1.40. The number of hydrogen-bond donors (Lipinski definition) is 0. The third-order valence-electron chi connectivity index (χ3n) is 4.47. The van der Waals surface area contributed by atoms with Crippen molar-refractivity contribution in [2.75, 3.05) is 17.8 Å². The van der Waals surface area contributed by atoms with Crippen LogP contribution in [0, 0.1) is 17.0 Å². The van der Waals surface area contributed by atoms with Crippen molar-refractivity contribution >= 4 is 29.0 Å². The number of anilines is 1. The summed E-state index contributed by atoms with van der Waals surface area (Å²) in [5, 5.41) is 11.2. The number of methoxy groups -OCH3 is 1. The molecule has 0 aliphatic heterocycles. The van der Waals surface area contributed by atoms with Gasteiger partial charge in [-0.1, -0.05) is 23.8 Å². The number of nitro benzene ring substituents is 1. The number of carbonyl (C=O) groups excluding carboxylic acids is 1. The highest BCUT2D eigenvalue weighted by atomic mass is 32.2. The molecule has 0 aliphatic carbocycles. The highest BCUT2D eigenvalue weighted by molar-refractivity contribution is 7.99. The average Bonchev–Trinajstić information content (AvgIpc) is 3.26. The lowest BCUT2D eigenvalue weighted by atomic mass is 10.2. The van der Waals surface area contributed by atoms with Crippen molar-refractivity contribution in [3.63, 3.8) is 0 Å². The van der Waals surface area contributed by atoms with Crippen LogP contribution < -0.4 is 9.64 Å². The Hall–Kier alpha value is -3.26. The Balaban J connectivity index is 1.68. The molecule has 3 aromatic rings. The summed E-state index contributed by atoms with van der Waals surface area (Å²) in [4.78, 5) is 25.4. The number of nitro groups is 1. The zero-order valence-corrected chi connectivity index (χ0v) is 17.6. The van der Waals surface area contributed by atoms with Gasteiger partial charge in [0.25, 0.3) is 0 Å². The first-order valence-corrected chi connectivity index (χ1v) is 10.4. The van der Waals surface area contributed by atoms with E-state index in [2.05, 4.69) is 0 Å². The molecule has 0 saturated carbocycles. The summed E-state index contributed by atoms with van der Waals surface area (Å²) in [6, 6.07) is 16.2. The minimum Gasteiger partial charge on any atom is -0.490 e. The normalized spacial score (nSPS) is 10.6. The van der Waals surface area contributed by atoms with Gasteiger partial charge in [-0.25, -0.2) is 0 Å². The molecule has 156 valence electrons. The highest BCUT2D eigenvalue weighted by Gasteiger charge is 2.19. The van der Waals surface area contributed by atoms with Gasteiger partial charge < -0.3 is 14.1 Å². The van der Waals surface area contributed by atoms with Crippen LogP contribution >= 0.6 is 11.8 Å². The van der Waals surface area contributed by atoms with Crippen molar-refractivity contribution in [1.82, 2.24) is 0 Å². The van der Waals surface area contributed by atoms with Crippen LogP contribution in [0.5, 0.6) is 5.75 Å². The number of thioether (sulfide) groups is 1. The summed E-state index contributed by atoms with van der Waals surface area (Å²) < 4.78 is 10.4. The van der Waals surface area contributed by atoms with Gasteiger partial charge in [-0.05, 0) is 42.8 Å². The first-order valence-electron chi connectivity index (χ1n) is 9.26. The standard InChI is InChI=1S/C22H22N2O5S/c1-16-5-8-18(9-6-16)23(13-19-4-3-11-29-19)22(25)15-30-14-17-7-10-21(28-2)20(12-17)24(26)27/h3-12H,13-15H2,1-2H3. The predicted octanol–water partition coefficient (Wildman–Crippen LogP) is 4.97. The lowest BCUT2D eigenvalue weighted by molar-refractivity contribution is -0.385. The van der Waals surface area contributed by atoms with Crippen LogP contribution in [0.15, 0.2) is 65.3 Å². The molecule has 1 aromatic heterocycles. The van der Waals surface area contributed by atoms with Gasteiger partial charge in [-0.15, -0.1) is 11.8 Å². The summed E-state index contributed by atoms with van der Waals surface area (Å²) in [6.07, 6.45) is 1.58. The Morgan fingerprint density at radius 2 is 1.97 bits per heavy atom. The number of benzene rings is 2. The molecule has 0 unspecified atom stereocenters. The maximum absolute atomic E-state index is 13.0. The van der Waals surface area contributed by atoms with Crippen LogP contribution in [0.2, 0.25) is 0 Å². The molecule has 0 atom stereocenters. The van der Waals surface area contributed by atoms with E-state index in [1.807, 2.05) is 37.3 Å². The summed E-state index contributed by atoms with van der Waals surface area (Å²) >= 11 is 1.40. The van der Waals surface area contributed by atoms with Crippen LogP contribution in [0.4, 0.5) is 11.4 Å². The molecule has 3 rings (SSSR count). The third kappa shape index (κ3) is 5.42. The van der Waals surface area contributed by atoms with E-state index in [-0.39, 0.29) is 23.1 Å². The quantitative estimate of drug-likeness (QED) is 0.355. The molecule has 0 spiro atoms. The average molecular weight is 426 g/mol. The number of amides is 1. The fourth-order valence-electron chi connectivity index (χ4n) is 2.91. The molecule has 7 nitrogen and oxygen atoms in total. The van der Waals surface area contributed by atoms with Gasteiger partial charge in [0.1, 0.15) is 5.76 Å². The second-order valence-electron chi connectivity index (χ2n) is 6.65. The van der Waals surface area contributed by atoms with Crippen LogP contribution in [0.25, 0.3) is 0 Å². The molecule has 0 N–H and O–H groups in total. The van der Waals surface area contributed by atoms with Gasteiger partial charge in [0.2, 0.25) is 5.91 Å². The molecule has 0 radical (unpaired) electrons. The van der Waals surface area contributed by atoms with Crippen LogP contribution in [0.3, 0.4) is 0 Å². The number of hydrogen-bond acceptors (Lipinski definition) is 6. The second-order valence-corrected chi connectivity index (χ2v) is 7.64. The molecule has 2 aromatic carbocycles. The molecule has 0 fully saturated rings. The monoisotopic (exact) mass is 426 g/mol. The zero-order valence-electron chi connectivity index (χ0n) is 16.7. The van der Waals surface area contributed by atoms with E-state index < -0.39 is 4.92 Å². The van der Waals surface area contributed by atoms with Gasteiger partial charge in [0, 0.05) is 17.5 Å². The molecule has 8 heteroatoms. The zero-order chi connectivity index (χ0) is 21.5. The predicted molar refractivity (Wildman–Crippen MR) is 117 cm³/mol. The summed E-state index contributed by atoms with van der Waals surface area (Å²) in [5.74, 6) is 1.55. The van der Waals surface area contributed by atoms with Crippen molar-refractivity contribution in [2.45, 2.75) is 19.2 Å². The fraction of sp³-hybridized carbons (Fsp3) is 0.227.